The standard InChI is InChI=1S/C22H18Br2N2O3/c1-28-20-9-7-15(11-18(20)23)13-25-26-22(27)14-29-21-10-8-17(12-19(21)24)16-5-3-2-4-6-16/h2-13H,14H2,1H3,(H,26,27)/b25-13+. The van der Waals surface area contributed by atoms with Gasteiger partial charge < -0.3 is 9.47 Å². The first kappa shape index (κ1) is 21.1. The lowest BCUT2D eigenvalue weighted by Crippen LogP contribution is -2.24. The largest absolute Gasteiger partial charge is 0.496 e. The summed E-state index contributed by atoms with van der Waals surface area (Å²) in [6.07, 6.45) is 1.55. The molecule has 1 amide bonds. The van der Waals surface area contributed by atoms with Crippen molar-refractivity contribution in [2.24, 2.45) is 5.10 Å². The van der Waals surface area contributed by atoms with E-state index in [1.807, 2.05) is 66.7 Å². The maximum absolute atomic E-state index is 12.0. The topological polar surface area (TPSA) is 59.9 Å². The van der Waals surface area contributed by atoms with Crippen LogP contribution in [0.15, 0.2) is 80.8 Å². The molecule has 0 fully saturated rings. The molecule has 0 aromatic heterocycles. The highest BCUT2D eigenvalue weighted by molar-refractivity contribution is 9.10. The summed E-state index contributed by atoms with van der Waals surface area (Å²) >= 11 is 6.90. The summed E-state index contributed by atoms with van der Waals surface area (Å²) in [4.78, 5) is 12.0. The number of carbonyl (C=O) groups is 1. The molecule has 0 heterocycles. The molecule has 5 nitrogen and oxygen atoms in total. The predicted octanol–water partition coefficient (Wildman–Crippen LogP) is 5.42. The lowest BCUT2D eigenvalue weighted by atomic mass is 10.1. The van der Waals surface area contributed by atoms with Gasteiger partial charge in [-0.05, 0) is 78.9 Å². The smallest absolute Gasteiger partial charge is 0.277 e. The molecule has 0 spiro atoms. The highest BCUT2D eigenvalue weighted by Gasteiger charge is 2.07. The molecule has 3 aromatic carbocycles. The first-order chi connectivity index (χ1) is 14.1. The van der Waals surface area contributed by atoms with Gasteiger partial charge in [0.05, 0.1) is 22.3 Å². The summed E-state index contributed by atoms with van der Waals surface area (Å²) in [6.45, 7) is -0.146. The minimum absolute atomic E-state index is 0.146. The summed E-state index contributed by atoms with van der Waals surface area (Å²) in [7, 11) is 1.60. The highest BCUT2D eigenvalue weighted by Crippen LogP contribution is 2.30. The second kappa shape index (κ2) is 10.2. The van der Waals surface area contributed by atoms with Crippen LogP contribution in [0.1, 0.15) is 5.56 Å². The number of benzene rings is 3. The normalized spacial score (nSPS) is 10.7. The monoisotopic (exact) mass is 516 g/mol. The van der Waals surface area contributed by atoms with Crippen LogP contribution < -0.4 is 14.9 Å². The van der Waals surface area contributed by atoms with Crippen molar-refractivity contribution in [3.8, 4) is 22.6 Å². The molecule has 148 valence electrons. The van der Waals surface area contributed by atoms with Crippen LogP contribution in [0.5, 0.6) is 11.5 Å². The lowest BCUT2D eigenvalue weighted by Gasteiger charge is -2.09. The van der Waals surface area contributed by atoms with Crippen LogP contribution in [0.2, 0.25) is 0 Å². The van der Waals surface area contributed by atoms with Gasteiger partial charge in [0.15, 0.2) is 6.61 Å². The molecule has 7 heteroatoms. The van der Waals surface area contributed by atoms with Crippen molar-refractivity contribution < 1.29 is 14.3 Å². The van der Waals surface area contributed by atoms with Gasteiger partial charge in [-0.3, -0.25) is 4.79 Å². The first-order valence-electron chi connectivity index (χ1n) is 8.70. The molecule has 0 aliphatic carbocycles. The molecule has 0 unspecified atom stereocenters. The molecule has 1 N–H and O–H groups in total. The third-order valence-corrected chi connectivity index (χ3v) is 5.22. The number of carbonyl (C=O) groups excluding carboxylic acids is 1. The Morgan fingerprint density at radius 2 is 1.69 bits per heavy atom. The average Bonchev–Trinajstić information content (AvgIpc) is 2.73. The van der Waals surface area contributed by atoms with Crippen LogP contribution >= 0.6 is 31.9 Å². The van der Waals surface area contributed by atoms with Crippen LogP contribution in [0.25, 0.3) is 11.1 Å². The zero-order valence-electron chi connectivity index (χ0n) is 15.6. The number of nitrogens with zero attached hydrogens (tertiary/aromatic N) is 1. The molecular formula is C22H18Br2N2O3. The predicted molar refractivity (Wildman–Crippen MR) is 122 cm³/mol. The van der Waals surface area contributed by atoms with E-state index in [1.54, 1.807) is 13.3 Å². The maximum Gasteiger partial charge on any atom is 0.277 e. The van der Waals surface area contributed by atoms with Crippen LogP contribution in [0, 0.1) is 0 Å². The molecule has 3 aromatic rings. The van der Waals surface area contributed by atoms with Crippen molar-refractivity contribution in [1.82, 2.24) is 5.43 Å². The van der Waals surface area contributed by atoms with Crippen LogP contribution in [-0.4, -0.2) is 25.8 Å². The number of ether oxygens (including phenoxy) is 2. The highest BCUT2D eigenvalue weighted by atomic mass is 79.9. The summed E-state index contributed by atoms with van der Waals surface area (Å²) in [6, 6.07) is 21.3. The Morgan fingerprint density at radius 3 is 2.38 bits per heavy atom. The Kier molecular flexibility index (Phi) is 7.43. The van der Waals surface area contributed by atoms with E-state index in [1.165, 1.54) is 0 Å². The van der Waals surface area contributed by atoms with Crippen molar-refractivity contribution in [1.29, 1.82) is 0 Å². The van der Waals surface area contributed by atoms with Crippen molar-refractivity contribution in [3.05, 3.63) is 81.2 Å². The van der Waals surface area contributed by atoms with Gasteiger partial charge in [-0.25, -0.2) is 5.43 Å². The van der Waals surface area contributed by atoms with E-state index in [9.17, 15) is 4.79 Å². The molecule has 3 rings (SSSR count). The van der Waals surface area contributed by atoms with E-state index in [0.29, 0.717) is 5.75 Å². The van der Waals surface area contributed by atoms with Gasteiger partial charge in [0, 0.05) is 0 Å². The Morgan fingerprint density at radius 1 is 0.966 bits per heavy atom. The molecule has 29 heavy (non-hydrogen) atoms. The van der Waals surface area contributed by atoms with Gasteiger partial charge >= 0.3 is 0 Å². The van der Waals surface area contributed by atoms with E-state index >= 15 is 0 Å². The number of rotatable bonds is 7. The molecule has 0 saturated carbocycles. The van der Waals surface area contributed by atoms with Gasteiger partial charge in [-0.1, -0.05) is 36.4 Å². The number of methoxy groups -OCH3 is 1. The molecule has 0 aliphatic rings. The molecular weight excluding hydrogens is 500 g/mol. The minimum atomic E-state index is -0.354. The maximum atomic E-state index is 12.0. The lowest BCUT2D eigenvalue weighted by molar-refractivity contribution is -0.123. The van der Waals surface area contributed by atoms with E-state index in [2.05, 4.69) is 42.4 Å². The van der Waals surface area contributed by atoms with Gasteiger partial charge in [0.2, 0.25) is 0 Å². The zero-order valence-corrected chi connectivity index (χ0v) is 18.7. The number of hydrogen-bond acceptors (Lipinski definition) is 4. The Bertz CT molecular complexity index is 1020. The zero-order chi connectivity index (χ0) is 20.6. The fourth-order valence-electron chi connectivity index (χ4n) is 2.55. The Labute approximate surface area is 186 Å². The fraction of sp³-hybridized carbons (Fsp3) is 0.0909. The molecule has 0 radical (unpaired) electrons. The second-order valence-corrected chi connectivity index (χ2v) is 7.70. The Balaban J connectivity index is 1.53. The summed E-state index contributed by atoms with van der Waals surface area (Å²) in [5.74, 6) is 0.958. The number of hydrazone groups is 1. The fourth-order valence-corrected chi connectivity index (χ4v) is 3.60. The average molecular weight is 518 g/mol. The number of hydrogen-bond donors (Lipinski definition) is 1. The Hall–Kier alpha value is -2.64. The van der Waals surface area contributed by atoms with E-state index in [-0.39, 0.29) is 12.5 Å². The summed E-state index contributed by atoms with van der Waals surface area (Å²) < 4.78 is 12.3. The van der Waals surface area contributed by atoms with Crippen molar-refractivity contribution in [2.45, 2.75) is 0 Å². The van der Waals surface area contributed by atoms with Crippen molar-refractivity contribution in [2.75, 3.05) is 13.7 Å². The number of nitrogens with one attached hydrogen (secondary N) is 1. The second-order valence-electron chi connectivity index (χ2n) is 5.99. The molecule has 0 bridgehead atoms. The molecule has 0 saturated heterocycles. The summed E-state index contributed by atoms with van der Waals surface area (Å²) in [5, 5.41) is 3.95. The molecule has 0 aliphatic heterocycles. The van der Waals surface area contributed by atoms with Crippen molar-refractivity contribution in [3.63, 3.8) is 0 Å². The van der Waals surface area contributed by atoms with E-state index in [4.69, 9.17) is 9.47 Å². The van der Waals surface area contributed by atoms with Gasteiger partial charge in [-0.2, -0.15) is 5.10 Å². The third kappa shape index (κ3) is 5.92. The van der Waals surface area contributed by atoms with Crippen LogP contribution in [0.3, 0.4) is 0 Å². The minimum Gasteiger partial charge on any atom is -0.496 e. The number of halogens is 2. The van der Waals surface area contributed by atoms with Crippen LogP contribution in [-0.2, 0) is 4.79 Å². The van der Waals surface area contributed by atoms with E-state index in [0.717, 1.165) is 31.4 Å². The SMILES string of the molecule is COc1ccc(/C=N/NC(=O)COc2ccc(-c3ccccc3)cc2Br)cc1Br. The van der Waals surface area contributed by atoms with E-state index < -0.39 is 0 Å². The number of amides is 1. The molecule has 0 atom stereocenters. The summed E-state index contributed by atoms with van der Waals surface area (Å²) in [5.41, 5.74) is 5.44. The quantitative estimate of drug-likeness (QED) is 0.336. The third-order valence-electron chi connectivity index (χ3n) is 3.98. The van der Waals surface area contributed by atoms with Crippen molar-refractivity contribution >= 4 is 44.0 Å². The van der Waals surface area contributed by atoms with Crippen LogP contribution in [0.4, 0.5) is 0 Å². The van der Waals surface area contributed by atoms with Gasteiger partial charge in [0.25, 0.3) is 5.91 Å². The van der Waals surface area contributed by atoms with Gasteiger partial charge in [0.1, 0.15) is 11.5 Å². The first-order valence-corrected chi connectivity index (χ1v) is 10.3. The van der Waals surface area contributed by atoms with Gasteiger partial charge in [-0.15, -0.1) is 0 Å².